The number of nitrogens with one attached hydrogen (secondary N) is 1. The van der Waals surface area contributed by atoms with Crippen LogP contribution in [0, 0.1) is 5.41 Å². The number of ether oxygens (including phenoxy) is 1. The van der Waals surface area contributed by atoms with Crippen LogP contribution in [0.3, 0.4) is 0 Å². The van der Waals surface area contributed by atoms with Crippen molar-refractivity contribution in [1.82, 2.24) is 0 Å². The fraction of sp³-hybridized carbons (Fsp3) is 0.647. The van der Waals surface area contributed by atoms with Gasteiger partial charge in [0, 0.05) is 28.2 Å². The van der Waals surface area contributed by atoms with Crippen LogP contribution in [0.5, 0.6) is 0 Å². The minimum atomic E-state index is 0.425. The summed E-state index contributed by atoms with van der Waals surface area (Å²) in [7, 11) is 0. The molecule has 3 rings (SSSR count). The molecule has 2 aliphatic carbocycles. The predicted octanol–water partition coefficient (Wildman–Crippen LogP) is 4.77. The van der Waals surface area contributed by atoms with Crippen molar-refractivity contribution in [2.45, 2.75) is 58.1 Å². The topological polar surface area (TPSA) is 21.3 Å². The van der Waals surface area contributed by atoms with Crippen molar-refractivity contribution in [3.05, 3.63) is 28.2 Å². The lowest BCUT2D eigenvalue weighted by Gasteiger charge is -2.61. The Hall–Kier alpha value is -0.540. The smallest absolute Gasteiger partial charge is 0.0670 e. The Balaban J connectivity index is 1.73. The average molecular weight is 338 g/mol. The van der Waals surface area contributed by atoms with Gasteiger partial charge >= 0.3 is 0 Å². The fourth-order valence-corrected chi connectivity index (χ4v) is 4.23. The van der Waals surface area contributed by atoms with Gasteiger partial charge in [-0.25, -0.2) is 0 Å². The van der Waals surface area contributed by atoms with Gasteiger partial charge in [-0.1, -0.05) is 29.3 Å². The molecule has 2 fully saturated rings. The summed E-state index contributed by atoms with van der Waals surface area (Å²) in [6, 6.07) is 7.17. The molecule has 0 aliphatic heterocycles. The van der Waals surface area contributed by atoms with Crippen molar-refractivity contribution in [2.75, 3.05) is 11.9 Å². The third-order valence-electron chi connectivity index (χ3n) is 5.22. The first-order valence-electron chi connectivity index (χ1n) is 7.86. The minimum Gasteiger partial charge on any atom is -0.381 e. The molecule has 1 N–H and O–H groups in total. The quantitative estimate of drug-likeness (QED) is 0.835. The van der Waals surface area contributed by atoms with E-state index in [1.807, 2.05) is 0 Å². The molecule has 20 heavy (non-hydrogen) atoms. The highest BCUT2D eigenvalue weighted by molar-refractivity contribution is 9.10. The van der Waals surface area contributed by atoms with E-state index in [2.05, 4.69) is 53.3 Å². The Bertz CT molecular complexity index is 484. The molecular weight excluding hydrogens is 314 g/mol. The lowest BCUT2D eigenvalue weighted by atomic mass is 9.51. The zero-order valence-corrected chi connectivity index (χ0v) is 14.0. The van der Waals surface area contributed by atoms with Gasteiger partial charge in [0.25, 0.3) is 0 Å². The lowest BCUT2D eigenvalue weighted by Crippen LogP contribution is -2.64. The van der Waals surface area contributed by atoms with Gasteiger partial charge in [-0.2, -0.15) is 0 Å². The van der Waals surface area contributed by atoms with Crippen LogP contribution in [0.15, 0.2) is 22.7 Å². The summed E-state index contributed by atoms with van der Waals surface area (Å²) in [6.45, 7) is 5.17. The third-order valence-corrected chi connectivity index (χ3v) is 5.71. The van der Waals surface area contributed by atoms with Crippen LogP contribution in [-0.2, 0) is 11.2 Å². The van der Waals surface area contributed by atoms with E-state index in [1.165, 1.54) is 35.0 Å². The number of benzene rings is 1. The number of anilines is 1. The highest BCUT2D eigenvalue weighted by Gasteiger charge is 2.58. The highest BCUT2D eigenvalue weighted by Crippen LogP contribution is 2.58. The van der Waals surface area contributed by atoms with Gasteiger partial charge in [0.1, 0.15) is 0 Å². The molecule has 1 aromatic carbocycles. The summed E-state index contributed by atoms with van der Waals surface area (Å²) in [5.74, 6) is 0. The van der Waals surface area contributed by atoms with Crippen LogP contribution < -0.4 is 5.32 Å². The molecule has 2 unspecified atom stereocenters. The molecule has 110 valence electrons. The molecular formula is C17H24BrNO. The number of hydrogen-bond donors (Lipinski definition) is 1. The largest absolute Gasteiger partial charge is 0.381 e. The molecule has 2 saturated carbocycles. The zero-order chi connectivity index (χ0) is 14.2. The van der Waals surface area contributed by atoms with Gasteiger partial charge in [-0.05, 0) is 56.4 Å². The van der Waals surface area contributed by atoms with Gasteiger partial charge in [0.15, 0.2) is 0 Å². The molecule has 0 bridgehead atoms. The van der Waals surface area contributed by atoms with Crippen molar-refractivity contribution in [3.8, 4) is 0 Å². The van der Waals surface area contributed by atoms with Gasteiger partial charge in [-0.15, -0.1) is 0 Å². The maximum absolute atomic E-state index is 5.93. The van der Waals surface area contributed by atoms with Crippen LogP contribution >= 0.6 is 15.9 Å². The van der Waals surface area contributed by atoms with Crippen molar-refractivity contribution in [1.29, 1.82) is 0 Å². The molecule has 2 nitrogen and oxygen atoms in total. The molecule has 0 heterocycles. The molecule has 0 aromatic heterocycles. The van der Waals surface area contributed by atoms with Gasteiger partial charge in [0.05, 0.1) is 6.10 Å². The first kappa shape index (κ1) is 14.4. The second-order valence-corrected chi connectivity index (χ2v) is 7.03. The summed E-state index contributed by atoms with van der Waals surface area (Å²) in [5, 5.41) is 3.81. The highest BCUT2D eigenvalue weighted by atomic mass is 79.9. The normalized spacial score (nSPS) is 26.9. The third kappa shape index (κ3) is 2.29. The Morgan fingerprint density at radius 1 is 1.35 bits per heavy atom. The maximum Gasteiger partial charge on any atom is 0.0670 e. The Morgan fingerprint density at radius 2 is 2.15 bits per heavy atom. The van der Waals surface area contributed by atoms with Gasteiger partial charge in [-0.3, -0.25) is 0 Å². The first-order valence-corrected chi connectivity index (χ1v) is 8.65. The molecule has 0 saturated heterocycles. The zero-order valence-electron chi connectivity index (χ0n) is 12.4. The summed E-state index contributed by atoms with van der Waals surface area (Å²) in [6.07, 6.45) is 6.73. The summed E-state index contributed by atoms with van der Waals surface area (Å²) in [5.41, 5.74) is 3.13. The van der Waals surface area contributed by atoms with E-state index in [4.69, 9.17) is 4.74 Å². The van der Waals surface area contributed by atoms with E-state index in [9.17, 15) is 0 Å². The Morgan fingerprint density at radius 3 is 2.75 bits per heavy atom. The maximum atomic E-state index is 5.93. The number of aryl methyl sites for hydroxylation is 1. The summed E-state index contributed by atoms with van der Waals surface area (Å²) >= 11 is 3.56. The van der Waals surface area contributed by atoms with Crippen molar-refractivity contribution < 1.29 is 4.74 Å². The Labute approximate surface area is 130 Å². The lowest BCUT2D eigenvalue weighted by molar-refractivity contribution is -0.157. The molecule has 1 aromatic rings. The van der Waals surface area contributed by atoms with Crippen LogP contribution in [0.25, 0.3) is 0 Å². The van der Waals surface area contributed by atoms with E-state index in [-0.39, 0.29) is 0 Å². The second-order valence-electron chi connectivity index (χ2n) is 6.12. The number of rotatable bonds is 5. The van der Waals surface area contributed by atoms with Gasteiger partial charge in [0.2, 0.25) is 0 Å². The van der Waals surface area contributed by atoms with E-state index < -0.39 is 0 Å². The molecule has 2 atom stereocenters. The number of hydrogen-bond acceptors (Lipinski definition) is 2. The van der Waals surface area contributed by atoms with E-state index >= 15 is 0 Å². The van der Waals surface area contributed by atoms with E-state index in [0.29, 0.717) is 17.6 Å². The second kappa shape index (κ2) is 5.69. The summed E-state index contributed by atoms with van der Waals surface area (Å²) < 4.78 is 7.10. The predicted molar refractivity (Wildman–Crippen MR) is 87.2 cm³/mol. The van der Waals surface area contributed by atoms with Gasteiger partial charge < -0.3 is 10.1 Å². The fourth-order valence-electron chi connectivity index (χ4n) is 3.82. The van der Waals surface area contributed by atoms with Crippen LogP contribution in [0.4, 0.5) is 5.69 Å². The average Bonchev–Trinajstić information content (AvgIpc) is 2.37. The summed E-state index contributed by atoms with van der Waals surface area (Å²) in [4.78, 5) is 0. The van der Waals surface area contributed by atoms with E-state index in [0.717, 1.165) is 19.4 Å². The number of halogens is 1. The molecule has 3 heteroatoms. The van der Waals surface area contributed by atoms with Crippen molar-refractivity contribution in [3.63, 3.8) is 0 Å². The standard InChI is InChI=1S/C17H24BrNO/c1-3-12-10-13(18)6-7-14(12)19-15-11-16(20-4-2)17(15)8-5-9-17/h6-7,10,15-16,19H,3-5,8-9,11H2,1-2H3. The Kier molecular flexibility index (Phi) is 4.09. The van der Waals surface area contributed by atoms with Crippen LogP contribution in [-0.4, -0.2) is 18.8 Å². The van der Waals surface area contributed by atoms with Crippen LogP contribution in [0.2, 0.25) is 0 Å². The van der Waals surface area contributed by atoms with Crippen molar-refractivity contribution in [2.24, 2.45) is 5.41 Å². The first-order chi connectivity index (χ1) is 9.69. The SMILES string of the molecule is CCOC1CC(Nc2ccc(Br)cc2CC)C12CCC2. The molecule has 2 aliphatic rings. The molecule has 1 spiro atoms. The van der Waals surface area contributed by atoms with Crippen molar-refractivity contribution >= 4 is 21.6 Å². The van der Waals surface area contributed by atoms with E-state index in [1.54, 1.807) is 0 Å². The molecule has 0 amide bonds. The van der Waals surface area contributed by atoms with Crippen LogP contribution in [0.1, 0.15) is 45.1 Å². The monoisotopic (exact) mass is 337 g/mol. The molecule has 0 radical (unpaired) electrons. The minimum absolute atomic E-state index is 0.425.